The van der Waals surface area contributed by atoms with Gasteiger partial charge in [0.05, 0.1) is 0 Å². The van der Waals surface area contributed by atoms with Crippen LogP contribution in [0, 0.1) is 17.7 Å². The highest BCUT2D eigenvalue weighted by molar-refractivity contribution is 7.92. The van der Waals surface area contributed by atoms with Crippen LogP contribution in [-0.2, 0) is 17.1 Å². The van der Waals surface area contributed by atoms with Crippen molar-refractivity contribution in [1.82, 2.24) is 14.8 Å². The summed E-state index contributed by atoms with van der Waals surface area (Å²) in [6.45, 7) is -0.466. The highest BCUT2D eigenvalue weighted by Crippen LogP contribution is 2.19. The van der Waals surface area contributed by atoms with Crippen molar-refractivity contribution < 1.29 is 17.9 Å². The topological polar surface area (TPSA) is 97.1 Å². The summed E-state index contributed by atoms with van der Waals surface area (Å²) in [6.07, 6.45) is 1.19. The lowest BCUT2D eigenvalue weighted by atomic mass is 10.2. The molecule has 0 spiro atoms. The minimum Gasteiger partial charge on any atom is -0.384 e. The summed E-state index contributed by atoms with van der Waals surface area (Å²) in [4.78, 5) is 3.53. The number of aromatic nitrogens is 3. The van der Waals surface area contributed by atoms with E-state index >= 15 is 0 Å². The molecule has 2 aromatic rings. The van der Waals surface area contributed by atoms with Gasteiger partial charge in [0, 0.05) is 12.6 Å². The van der Waals surface area contributed by atoms with Crippen molar-refractivity contribution in [3.8, 4) is 11.8 Å². The average molecular weight is 310 g/mol. The van der Waals surface area contributed by atoms with Crippen LogP contribution < -0.4 is 4.72 Å². The Balaban J connectivity index is 2.47. The van der Waals surface area contributed by atoms with Crippen molar-refractivity contribution in [2.24, 2.45) is 7.05 Å². The number of hydrogen-bond acceptors (Lipinski definition) is 5. The number of aryl methyl sites for hydroxylation is 1. The zero-order chi connectivity index (χ0) is 15.5. The Morgan fingerprint density at radius 1 is 1.48 bits per heavy atom. The van der Waals surface area contributed by atoms with Gasteiger partial charge in [-0.3, -0.25) is 0 Å². The summed E-state index contributed by atoms with van der Waals surface area (Å²) < 4.78 is 41.3. The molecule has 0 atom stereocenters. The highest BCUT2D eigenvalue weighted by atomic mass is 32.2. The van der Waals surface area contributed by atoms with Gasteiger partial charge in [0.1, 0.15) is 23.6 Å². The molecule has 0 bridgehead atoms. The van der Waals surface area contributed by atoms with Crippen LogP contribution in [0.25, 0.3) is 0 Å². The molecule has 0 radical (unpaired) electrons. The molecule has 0 saturated carbocycles. The summed E-state index contributed by atoms with van der Waals surface area (Å²) in [7, 11) is -2.49. The third-order valence-corrected chi connectivity index (χ3v) is 3.86. The van der Waals surface area contributed by atoms with Crippen LogP contribution in [0.15, 0.2) is 29.4 Å². The number of rotatable bonds is 3. The number of nitrogens with zero attached hydrogens (tertiary/aromatic N) is 3. The Labute approximate surface area is 120 Å². The SMILES string of the molecule is Cn1ncnc1NS(=O)(=O)c1ccc(F)cc1C#CCO. The number of aliphatic hydroxyl groups excluding tert-OH is 1. The van der Waals surface area contributed by atoms with Gasteiger partial charge in [0.2, 0.25) is 5.95 Å². The fourth-order valence-corrected chi connectivity index (χ4v) is 2.71. The molecule has 2 N–H and O–H groups in total. The van der Waals surface area contributed by atoms with E-state index in [1.54, 1.807) is 0 Å². The highest BCUT2D eigenvalue weighted by Gasteiger charge is 2.20. The van der Waals surface area contributed by atoms with Crippen LogP contribution in [0.3, 0.4) is 0 Å². The molecule has 1 aromatic heterocycles. The normalized spacial score (nSPS) is 10.8. The smallest absolute Gasteiger partial charge is 0.265 e. The van der Waals surface area contributed by atoms with Crippen LogP contribution in [0.5, 0.6) is 0 Å². The quantitative estimate of drug-likeness (QED) is 0.784. The number of hydrogen-bond donors (Lipinski definition) is 2. The minimum atomic E-state index is -4.01. The van der Waals surface area contributed by atoms with Crippen LogP contribution in [0.4, 0.5) is 10.3 Å². The second-order valence-electron chi connectivity index (χ2n) is 3.91. The molecular weight excluding hydrogens is 299 g/mol. The van der Waals surface area contributed by atoms with Gasteiger partial charge >= 0.3 is 0 Å². The first-order chi connectivity index (χ1) is 9.94. The van der Waals surface area contributed by atoms with Crippen molar-refractivity contribution in [3.05, 3.63) is 35.9 Å². The maximum Gasteiger partial charge on any atom is 0.265 e. The van der Waals surface area contributed by atoms with E-state index in [-0.39, 0.29) is 16.4 Å². The molecule has 0 aliphatic heterocycles. The largest absolute Gasteiger partial charge is 0.384 e. The molecule has 110 valence electrons. The Morgan fingerprint density at radius 2 is 2.24 bits per heavy atom. The molecule has 0 unspecified atom stereocenters. The van der Waals surface area contributed by atoms with Crippen molar-refractivity contribution >= 4 is 16.0 Å². The van der Waals surface area contributed by atoms with Crippen LogP contribution in [0.1, 0.15) is 5.56 Å². The van der Waals surface area contributed by atoms with E-state index in [2.05, 4.69) is 26.6 Å². The Bertz CT molecular complexity index is 821. The number of aliphatic hydroxyl groups is 1. The Hall–Kier alpha value is -2.44. The summed E-state index contributed by atoms with van der Waals surface area (Å²) in [6, 6.07) is 3.08. The number of anilines is 1. The molecule has 0 saturated heterocycles. The summed E-state index contributed by atoms with van der Waals surface area (Å²) in [5.74, 6) is 4.07. The van der Waals surface area contributed by atoms with E-state index in [1.165, 1.54) is 18.1 Å². The lowest BCUT2D eigenvalue weighted by Gasteiger charge is -2.08. The third-order valence-electron chi connectivity index (χ3n) is 2.47. The fourth-order valence-electron chi connectivity index (χ4n) is 1.53. The first kappa shape index (κ1) is 15.0. The third kappa shape index (κ3) is 3.36. The van der Waals surface area contributed by atoms with Gasteiger partial charge < -0.3 is 5.11 Å². The maximum atomic E-state index is 13.2. The number of nitrogens with one attached hydrogen (secondary N) is 1. The van der Waals surface area contributed by atoms with Crippen molar-refractivity contribution in [3.63, 3.8) is 0 Å². The van der Waals surface area contributed by atoms with Gasteiger partial charge in [-0.05, 0) is 18.2 Å². The molecule has 21 heavy (non-hydrogen) atoms. The lowest BCUT2D eigenvalue weighted by Crippen LogP contribution is -2.17. The van der Waals surface area contributed by atoms with Gasteiger partial charge in [-0.15, -0.1) is 0 Å². The molecule has 7 nitrogen and oxygen atoms in total. The molecule has 9 heteroatoms. The molecule has 0 fully saturated rings. The standard InChI is InChI=1S/C12H11FN4O3S/c1-17-12(14-8-15-17)16-21(19,20)11-5-4-10(13)7-9(11)3-2-6-18/h4-5,7-8,18H,6H2,1H3,(H,14,15,16). The van der Waals surface area contributed by atoms with E-state index < -0.39 is 22.4 Å². The van der Waals surface area contributed by atoms with Crippen LogP contribution in [0.2, 0.25) is 0 Å². The van der Waals surface area contributed by atoms with Crippen LogP contribution >= 0.6 is 0 Å². The zero-order valence-corrected chi connectivity index (χ0v) is 11.7. The minimum absolute atomic E-state index is 0.0143. The summed E-state index contributed by atoms with van der Waals surface area (Å²) in [5, 5.41) is 12.4. The average Bonchev–Trinajstić information content (AvgIpc) is 2.81. The summed E-state index contributed by atoms with van der Waals surface area (Å²) in [5.41, 5.74) is -0.0567. The fraction of sp³-hybridized carbons (Fsp3) is 0.167. The molecule has 1 heterocycles. The first-order valence-corrected chi connectivity index (χ1v) is 7.18. The van der Waals surface area contributed by atoms with Crippen LogP contribution in [-0.4, -0.2) is 34.9 Å². The van der Waals surface area contributed by atoms with E-state index in [0.717, 1.165) is 18.2 Å². The predicted molar refractivity (Wildman–Crippen MR) is 72.2 cm³/mol. The molecule has 0 amide bonds. The first-order valence-electron chi connectivity index (χ1n) is 5.70. The molecule has 2 rings (SSSR count). The summed E-state index contributed by atoms with van der Waals surface area (Å²) >= 11 is 0. The lowest BCUT2D eigenvalue weighted by molar-refractivity contribution is 0.350. The molecular formula is C12H11FN4O3S. The van der Waals surface area contributed by atoms with Crippen molar-refractivity contribution in [2.75, 3.05) is 11.3 Å². The zero-order valence-electron chi connectivity index (χ0n) is 10.9. The molecule has 1 aromatic carbocycles. The molecule has 0 aliphatic rings. The predicted octanol–water partition coefficient (Wildman–Crippen LogP) is 0.0988. The van der Waals surface area contributed by atoms with Gasteiger partial charge in [-0.25, -0.2) is 22.2 Å². The van der Waals surface area contributed by atoms with Gasteiger partial charge in [0.15, 0.2) is 0 Å². The van der Waals surface area contributed by atoms with Crippen molar-refractivity contribution in [2.45, 2.75) is 4.90 Å². The van der Waals surface area contributed by atoms with E-state index in [4.69, 9.17) is 5.11 Å². The molecule has 0 aliphatic carbocycles. The maximum absolute atomic E-state index is 13.2. The van der Waals surface area contributed by atoms with E-state index in [1.807, 2.05) is 0 Å². The van der Waals surface area contributed by atoms with E-state index in [9.17, 15) is 12.8 Å². The Morgan fingerprint density at radius 3 is 2.86 bits per heavy atom. The number of sulfonamides is 1. The number of halogens is 1. The van der Waals surface area contributed by atoms with Gasteiger partial charge in [-0.1, -0.05) is 11.8 Å². The Kier molecular flexibility index (Phi) is 4.21. The number of benzene rings is 1. The van der Waals surface area contributed by atoms with Crippen molar-refractivity contribution in [1.29, 1.82) is 0 Å². The second-order valence-corrected chi connectivity index (χ2v) is 5.56. The monoisotopic (exact) mass is 310 g/mol. The van der Waals surface area contributed by atoms with E-state index in [0.29, 0.717) is 0 Å². The van der Waals surface area contributed by atoms with Gasteiger partial charge in [0.25, 0.3) is 10.0 Å². The second kappa shape index (κ2) is 5.90. The van der Waals surface area contributed by atoms with Gasteiger partial charge in [-0.2, -0.15) is 10.1 Å².